The lowest BCUT2D eigenvalue weighted by atomic mass is 10.1. The molecule has 0 fully saturated rings. The number of para-hydroxylation sites is 3. The maximum atomic E-state index is 13.1. The molecule has 0 bridgehead atoms. The Bertz CT molecular complexity index is 960. The molecule has 0 aromatic heterocycles. The first-order valence-electron chi connectivity index (χ1n) is 8.62. The number of hydrogen-bond donors (Lipinski definition) is 1. The highest BCUT2D eigenvalue weighted by Crippen LogP contribution is 2.28. The minimum absolute atomic E-state index is 0.112. The Labute approximate surface area is 161 Å². The van der Waals surface area contributed by atoms with Crippen molar-refractivity contribution in [2.45, 2.75) is 6.42 Å². The van der Waals surface area contributed by atoms with Crippen molar-refractivity contribution in [3.05, 3.63) is 90.2 Å². The summed E-state index contributed by atoms with van der Waals surface area (Å²) >= 11 is 0. The van der Waals surface area contributed by atoms with Crippen LogP contribution in [0, 0.1) is 5.82 Å². The topological polar surface area (TPSA) is 64.6 Å². The van der Waals surface area contributed by atoms with Gasteiger partial charge in [0.05, 0.1) is 12.1 Å². The van der Waals surface area contributed by atoms with Crippen LogP contribution < -0.4 is 10.1 Å². The van der Waals surface area contributed by atoms with Crippen LogP contribution in [0.1, 0.15) is 5.56 Å². The molecule has 0 unspecified atom stereocenters. The number of ether oxygens (including phenoxy) is 2. The third kappa shape index (κ3) is 5.67. The Balaban J connectivity index is 1.54. The molecule has 0 atom stereocenters. The maximum Gasteiger partial charge on any atom is 0.310 e. The van der Waals surface area contributed by atoms with Crippen molar-refractivity contribution < 1.29 is 23.5 Å². The number of nitrogens with one attached hydrogen (secondary N) is 1. The lowest BCUT2D eigenvalue weighted by molar-refractivity contribution is -0.146. The molecule has 142 valence electrons. The molecule has 0 heterocycles. The average Bonchev–Trinajstić information content (AvgIpc) is 2.69. The van der Waals surface area contributed by atoms with Crippen LogP contribution in [-0.2, 0) is 20.7 Å². The van der Waals surface area contributed by atoms with Crippen molar-refractivity contribution in [1.82, 2.24) is 0 Å². The van der Waals surface area contributed by atoms with Crippen LogP contribution in [0.4, 0.5) is 10.1 Å². The summed E-state index contributed by atoms with van der Waals surface area (Å²) in [5.74, 6) is -0.455. The predicted octanol–water partition coefficient (Wildman–Crippen LogP) is 4.34. The van der Waals surface area contributed by atoms with Crippen LogP contribution >= 0.6 is 0 Å². The molecular weight excluding hydrogens is 361 g/mol. The Hall–Kier alpha value is -3.67. The smallest absolute Gasteiger partial charge is 0.310 e. The van der Waals surface area contributed by atoms with Crippen LogP contribution in [0.15, 0.2) is 78.9 Å². The van der Waals surface area contributed by atoms with E-state index in [-0.39, 0.29) is 6.42 Å². The van der Waals surface area contributed by atoms with Gasteiger partial charge in [0.1, 0.15) is 11.6 Å². The van der Waals surface area contributed by atoms with E-state index >= 15 is 0 Å². The van der Waals surface area contributed by atoms with Gasteiger partial charge in [0.25, 0.3) is 5.91 Å². The minimum atomic E-state index is -0.616. The molecule has 0 aliphatic heterocycles. The van der Waals surface area contributed by atoms with E-state index in [4.69, 9.17) is 9.47 Å². The summed E-state index contributed by atoms with van der Waals surface area (Å²) in [4.78, 5) is 24.0. The van der Waals surface area contributed by atoms with Gasteiger partial charge in [-0.2, -0.15) is 0 Å². The first-order valence-corrected chi connectivity index (χ1v) is 8.62. The van der Waals surface area contributed by atoms with Gasteiger partial charge in [-0.05, 0) is 42.0 Å². The second-order valence-electron chi connectivity index (χ2n) is 5.93. The third-order valence-corrected chi connectivity index (χ3v) is 3.73. The molecule has 6 heteroatoms. The van der Waals surface area contributed by atoms with E-state index in [0.29, 0.717) is 22.7 Å². The molecule has 0 spiro atoms. The van der Waals surface area contributed by atoms with E-state index in [9.17, 15) is 14.0 Å². The predicted molar refractivity (Wildman–Crippen MR) is 103 cm³/mol. The van der Waals surface area contributed by atoms with E-state index in [2.05, 4.69) is 5.32 Å². The fraction of sp³-hybridized carbons (Fsp3) is 0.0909. The van der Waals surface area contributed by atoms with E-state index in [1.165, 1.54) is 18.2 Å². The monoisotopic (exact) mass is 379 g/mol. The summed E-state index contributed by atoms with van der Waals surface area (Å²) in [5, 5.41) is 2.66. The number of hydrogen-bond acceptors (Lipinski definition) is 4. The number of benzene rings is 3. The molecule has 0 saturated carbocycles. The zero-order valence-electron chi connectivity index (χ0n) is 14.9. The zero-order chi connectivity index (χ0) is 19.8. The molecule has 1 amide bonds. The minimum Gasteiger partial charge on any atom is -0.455 e. The van der Waals surface area contributed by atoms with Crippen LogP contribution in [0.3, 0.4) is 0 Å². The highest BCUT2D eigenvalue weighted by atomic mass is 19.1. The van der Waals surface area contributed by atoms with Gasteiger partial charge in [-0.3, -0.25) is 9.59 Å². The van der Waals surface area contributed by atoms with Crippen molar-refractivity contribution in [3.63, 3.8) is 0 Å². The average molecular weight is 379 g/mol. The Morgan fingerprint density at radius 2 is 1.64 bits per heavy atom. The lowest BCUT2D eigenvalue weighted by Gasteiger charge is -2.12. The second-order valence-corrected chi connectivity index (χ2v) is 5.93. The van der Waals surface area contributed by atoms with Crippen LogP contribution in [0.5, 0.6) is 11.5 Å². The van der Waals surface area contributed by atoms with E-state index < -0.39 is 24.3 Å². The number of esters is 1. The number of carbonyl (C=O) groups is 2. The molecule has 1 N–H and O–H groups in total. The Morgan fingerprint density at radius 3 is 2.43 bits per heavy atom. The van der Waals surface area contributed by atoms with Crippen LogP contribution in [0.2, 0.25) is 0 Å². The van der Waals surface area contributed by atoms with Crippen molar-refractivity contribution in [3.8, 4) is 11.5 Å². The van der Waals surface area contributed by atoms with Crippen molar-refractivity contribution in [2.24, 2.45) is 0 Å². The Kier molecular flexibility index (Phi) is 6.36. The molecular formula is C22H18FNO4. The largest absolute Gasteiger partial charge is 0.455 e. The molecule has 0 radical (unpaired) electrons. The summed E-state index contributed by atoms with van der Waals surface area (Å²) in [7, 11) is 0. The molecule has 28 heavy (non-hydrogen) atoms. The van der Waals surface area contributed by atoms with E-state index in [1.54, 1.807) is 42.5 Å². The van der Waals surface area contributed by atoms with Crippen molar-refractivity contribution >= 4 is 17.6 Å². The number of carbonyl (C=O) groups excluding carboxylic acids is 2. The number of halogens is 1. The maximum absolute atomic E-state index is 13.1. The summed E-state index contributed by atoms with van der Waals surface area (Å²) in [6.07, 6.45) is -0.112. The molecule has 3 aromatic carbocycles. The van der Waals surface area contributed by atoms with Crippen molar-refractivity contribution in [2.75, 3.05) is 11.9 Å². The van der Waals surface area contributed by atoms with E-state index in [0.717, 1.165) is 0 Å². The first-order chi connectivity index (χ1) is 13.6. The van der Waals surface area contributed by atoms with Gasteiger partial charge in [-0.15, -0.1) is 0 Å². The van der Waals surface area contributed by atoms with Gasteiger partial charge >= 0.3 is 5.97 Å². The number of rotatable bonds is 7. The Morgan fingerprint density at radius 1 is 0.893 bits per heavy atom. The molecule has 3 aromatic rings. The highest BCUT2D eigenvalue weighted by Gasteiger charge is 2.12. The SMILES string of the molecule is O=C(COC(=O)Cc1cccc(F)c1)Nc1ccccc1Oc1ccccc1. The standard InChI is InChI=1S/C22H18FNO4/c23-17-8-6-7-16(13-17)14-22(26)27-15-21(25)24-19-11-4-5-12-20(19)28-18-9-2-1-3-10-18/h1-13H,14-15H2,(H,24,25). The molecule has 0 aliphatic carbocycles. The highest BCUT2D eigenvalue weighted by molar-refractivity contribution is 5.94. The molecule has 5 nitrogen and oxygen atoms in total. The fourth-order valence-electron chi connectivity index (χ4n) is 2.47. The quantitative estimate of drug-likeness (QED) is 0.620. The van der Waals surface area contributed by atoms with Gasteiger partial charge in [0.2, 0.25) is 0 Å². The van der Waals surface area contributed by atoms with Crippen LogP contribution in [0.25, 0.3) is 0 Å². The van der Waals surface area contributed by atoms with Gasteiger partial charge in [-0.25, -0.2) is 4.39 Å². The second kappa shape index (κ2) is 9.32. The summed E-state index contributed by atoms with van der Waals surface area (Å²) in [6.45, 7) is -0.451. The zero-order valence-corrected chi connectivity index (χ0v) is 14.9. The molecule has 0 saturated heterocycles. The van der Waals surface area contributed by atoms with Crippen molar-refractivity contribution in [1.29, 1.82) is 0 Å². The first kappa shape index (κ1) is 19.1. The van der Waals surface area contributed by atoms with E-state index in [1.807, 2.05) is 18.2 Å². The number of anilines is 1. The van der Waals surface area contributed by atoms with Crippen LogP contribution in [-0.4, -0.2) is 18.5 Å². The summed E-state index contributed by atoms with van der Waals surface area (Å²) < 4.78 is 23.9. The van der Waals surface area contributed by atoms with Gasteiger partial charge in [0, 0.05) is 0 Å². The fourth-order valence-corrected chi connectivity index (χ4v) is 2.47. The lowest BCUT2D eigenvalue weighted by Crippen LogP contribution is -2.21. The third-order valence-electron chi connectivity index (χ3n) is 3.73. The summed E-state index contributed by atoms with van der Waals surface area (Å²) in [5.41, 5.74) is 0.935. The normalized spacial score (nSPS) is 10.2. The molecule has 0 aliphatic rings. The molecule has 3 rings (SSSR count). The number of amides is 1. The van der Waals surface area contributed by atoms with Gasteiger partial charge in [-0.1, -0.05) is 42.5 Å². The van der Waals surface area contributed by atoms with Gasteiger partial charge in [0.15, 0.2) is 12.4 Å². The van der Waals surface area contributed by atoms with Gasteiger partial charge < -0.3 is 14.8 Å². The summed E-state index contributed by atoms with van der Waals surface area (Å²) in [6, 6.07) is 21.8.